The number of fused-ring (bicyclic) bond motifs is 1. The van der Waals surface area contributed by atoms with Crippen molar-refractivity contribution in [2.45, 2.75) is 26.9 Å². The topological polar surface area (TPSA) is 51.9 Å². The zero-order valence-electron chi connectivity index (χ0n) is 19.1. The first-order chi connectivity index (χ1) is 16.5. The Morgan fingerprint density at radius 1 is 0.912 bits per heavy atom. The molecule has 5 nitrogen and oxygen atoms in total. The predicted octanol–water partition coefficient (Wildman–Crippen LogP) is 5.94. The maximum Gasteiger partial charge on any atom is 0.256 e. The van der Waals surface area contributed by atoms with E-state index in [-0.39, 0.29) is 11.7 Å². The third kappa shape index (κ3) is 4.35. The quantitative estimate of drug-likeness (QED) is 0.347. The van der Waals surface area contributed by atoms with Gasteiger partial charge in [-0.05, 0) is 60.9 Å². The van der Waals surface area contributed by atoms with Crippen LogP contribution in [0.2, 0.25) is 0 Å². The lowest BCUT2D eigenvalue weighted by Gasteiger charge is -2.09. The number of hydrogen-bond acceptors (Lipinski definition) is 2. The molecule has 0 aliphatic rings. The Kier molecular flexibility index (Phi) is 5.72. The number of hydrogen-bond donors (Lipinski definition) is 1. The SMILES string of the molecule is Cc1c(C)n(Cc2ccccc2)c2ccc(C(=O)Nc3ccn(Cc4ccc(F)cc4)n3)cc12. The Morgan fingerprint density at radius 2 is 1.65 bits per heavy atom. The fourth-order valence-electron chi connectivity index (χ4n) is 4.24. The molecule has 0 bridgehead atoms. The summed E-state index contributed by atoms with van der Waals surface area (Å²) in [7, 11) is 0. The molecule has 1 N–H and O–H groups in total. The molecule has 2 aromatic heterocycles. The van der Waals surface area contributed by atoms with Crippen LogP contribution < -0.4 is 5.32 Å². The summed E-state index contributed by atoms with van der Waals surface area (Å²) in [6, 6.07) is 24.2. The molecular weight excluding hydrogens is 427 g/mol. The fraction of sp³-hybridized carbons (Fsp3) is 0.143. The number of amides is 1. The summed E-state index contributed by atoms with van der Waals surface area (Å²) < 4.78 is 17.1. The molecule has 0 aliphatic carbocycles. The first kappa shape index (κ1) is 21.6. The monoisotopic (exact) mass is 452 g/mol. The van der Waals surface area contributed by atoms with Gasteiger partial charge in [-0.1, -0.05) is 42.5 Å². The summed E-state index contributed by atoms with van der Waals surface area (Å²) in [6.07, 6.45) is 1.79. The second-order valence-electron chi connectivity index (χ2n) is 8.49. The minimum Gasteiger partial charge on any atom is -0.340 e. The minimum absolute atomic E-state index is 0.207. The normalized spacial score (nSPS) is 11.1. The van der Waals surface area contributed by atoms with E-state index in [0.717, 1.165) is 23.0 Å². The first-order valence-corrected chi connectivity index (χ1v) is 11.2. The Morgan fingerprint density at radius 3 is 2.41 bits per heavy atom. The highest BCUT2D eigenvalue weighted by Crippen LogP contribution is 2.27. The molecule has 0 unspecified atom stereocenters. The van der Waals surface area contributed by atoms with Gasteiger partial charge in [-0.3, -0.25) is 9.48 Å². The molecule has 0 spiro atoms. The van der Waals surface area contributed by atoms with Gasteiger partial charge in [0.15, 0.2) is 5.82 Å². The number of nitrogens with zero attached hydrogens (tertiary/aromatic N) is 3. The summed E-state index contributed by atoms with van der Waals surface area (Å²) in [6.45, 7) is 5.49. The second-order valence-corrected chi connectivity index (χ2v) is 8.49. The van der Waals surface area contributed by atoms with Gasteiger partial charge in [-0.25, -0.2) is 4.39 Å². The fourth-order valence-corrected chi connectivity index (χ4v) is 4.24. The molecule has 1 amide bonds. The number of halogens is 1. The summed E-state index contributed by atoms with van der Waals surface area (Å²) in [5.74, 6) is -0.00136. The van der Waals surface area contributed by atoms with Crippen LogP contribution in [0.15, 0.2) is 85.1 Å². The molecule has 170 valence electrons. The number of aromatic nitrogens is 3. The van der Waals surface area contributed by atoms with Gasteiger partial charge in [0, 0.05) is 41.0 Å². The molecule has 2 heterocycles. The van der Waals surface area contributed by atoms with Crippen LogP contribution in [0.3, 0.4) is 0 Å². The number of carbonyl (C=O) groups excluding carboxylic acids is 1. The van der Waals surface area contributed by atoms with E-state index >= 15 is 0 Å². The molecule has 5 rings (SSSR count). The van der Waals surface area contributed by atoms with Crippen molar-refractivity contribution in [3.63, 3.8) is 0 Å². The maximum absolute atomic E-state index is 13.1. The molecule has 0 fully saturated rings. The third-order valence-corrected chi connectivity index (χ3v) is 6.22. The average Bonchev–Trinajstić information content (AvgIpc) is 3.38. The molecule has 0 aliphatic heterocycles. The van der Waals surface area contributed by atoms with Crippen LogP contribution in [0.25, 0.3) is 10.9 Å². The van der Waals surface area contributed by atoms with Crippen LogP contribution in [0.5, 0.6) is 0 Å². The summed E-state index contributed by atoms with van der Waals surface area (Å²) >= 11 is 0. The third-order valence-electron chi connectivity index (χ3n) is 6.22. The lowest BCUT2D eigenvalue weighted by Crippen LogP contribution is -2.13. The first-order valence-electron chi connectivity index (χ1n) is 11.2. The highest BCUT2D eigenvalue weighted by molar-refractivity contribution is 6.06. The van der Waals surface area contributed by atoms with Gasteiger partial charge in [0.25, 0.3) is 5.91 Å². The highest BCUT2D eigenvalue weighted by Gasteiger charge is 2.15. The van der Waals surface area contributed by atoms with Gasteiger partial charge in [0.2, 0.25) is 0 Å². The Labute approximate surface area is 197 Å². The number of rotatable bonds is 6. The Bertz CT molecular complexity index is 1470. The summed E-state index contributed by atoms with van der Waals surface area (Å²) in [5, 5.41) is 8.38. The van der Waals surface area contributed by atoms with E-state index in [1.54, 1.807) is 29.1 Å². The summed E-state index contributed by atoms with van der Waals surface area (Å²) in [5.41, 5.74) is 6.22. The molecular formula is C28H25FN4O. The van der Waals surface area contributed by atoms with E-state index in [9.17, 15) is 9.18 Å². The molecule has 0 saturated carbocycles. The van der Waals surface area contributed by atoms with Crippen LogP contribution in [0.4, 0.5) is 10.2 Å². The number of benzene rings is 3. The van der Waals surface area contributed by atoms with Gasteiger partial charge in [0.05, 0.1) is 6.54 Å². The maximum atomic E-state index is 13.1. The van der Waals surface area contributed by atoms with Crippen molar-refractivity contribution in [1.82, 2.24) is 14.3 Å². The average molecular weight is 453 g/mol. The van der Waals surface area contributed by atoms with Gasteiger partial charge >= 0.3 is 0 Å². The number of anilines is 1. The predicted molar refractivity (Wildman–Crippen MR) is 133 cm³/mol. The van der Waals surface area contributed by atoms with Crippen LogP contribution in [0, 0.1) is 19.7 Å². The molecule has 3 aromatic carbocycles. The van der Waals surface area contributed by atoms with Crippen molar-refractivity contribution in [2.24, 2.45) is 0 Å². The van der Waals surface area contributed by atoms with Crippen LogP contribution in [0.1, 0.15) is 32.7 Å². The lowest BCUT2D eigenvalue weighted by atomic mass is 10.1. The smallest absolute Gasteiger partial charge is 0.256 e. The standard InChI is InChI=1S/C28H25FN4O/c1-19-20(2)33(18-21-6-4-3-5-7-21)26-13-10-23(16-25(19)26)28(34)30-27-14-15-32(31-27)17-22-8-11-24(29)12-9-22/h3-16H,17-18H2,1-2H3,(H,30,31,34). The molecule has 6 heteroatoms. The van der Waals surface area contributed by atoms with Gasteiger partial charge in [-0.15, -0.1) is 0 Å². The van der Waals surface area contributed by atoms with Crippen LogP contribution >= 0.6 is 0 Å². The van der Waals surface area contributed by atoms with E-state index in [1.165, 1.54) is 29.0 Å². The van der Waals surface area contributed by atoms with E-state index < -0.39 is 0 Å². The van der Waals surface area contributed by atoms with Gasteiger partial charge in [0.1, 0.15) is 5.82 Å². The van der Waals surface area contributed by atoms with Crippen molar-refractivity contribution in [3.05, 3.63) is 119 Å². The highest BCUT2D eigenvalue weighted by atomic mass is 19.1. The van der Waals surface area contributed by atoms with Crippen LogP contribution in [-0.2, 0) is 13.1 Å². The van der Waals surface area contributed by atoms with E-state index in [0.29, 0.717) is 17.9 Å². The second kappa shape index (κ2) is 8.98. The van der Waals surface area contributed by atoms with E-state index in [4.69, 9.17) is 0 Å². The van der Waals surface area contributed by atoms with Crippen molar-refractivity contribution >= 4 is 22.6 Å². The van der Waals surface area contributed by atoms with Crippen molar-refractivity contribution in [1.29, 1.82) is 0 Å². The van der Waals surface area contributed by atoms with Gasteiger partial charge in [-0.2, -0.15) is 5.10 Å². The largest absolute Gasteiger partial charge is 0.340 e. The van der Waals surface area contributed by atoms with Crippen LogP contribution in [-0.4, -0.2) is 20.3 Å². The molecule has 0 saturated heterocycles. The number of nitrogens with one attached hydrogen (secondary N) is 1. The lowest BCUT2D eigenvalue weighted by molar-refractivity contribution is 0.102. The number of carbonyl (C=O) groups is 1. The molecule has 34 heavy (non-hydrogen) atoms. The van der Waals surface area contributed by atoms with E-state index in [2.05, 4.69) is 41.0 Å². The minimum atomic E-state index is -0.269. The van der Waals surface area contributed by atoms with Gasteiger partial charge < -0.3 is 9.88 Å². The van der Waals surface area contributed by atoms with Crippen molar-refractivity contribution in [3.8, 4) is 0 Å². The Hall–Kier alpha value is -4.19. The zero-order chi connectivity index (χ0) is 23.7. The number of aryl methyl sites for hydroxylation is 1. The summed E-state index contributed by atoms with van der Waals surface area (Å²) in [4.78, 5) is 12.9. The molecule has 5 aromatic rings. The molecule has 0 atom stereocenters. The Balaban J connectivity index is 1.34. The molecule has 0 radical (unpaired) electrons. The van der Waals surface area contributed by atoms with E-state index in [1.807, 2.05) is 36.4 Å². The van der Waals surface area contributed by atoms with Crippen molar-refractivity contribution < 1.29 is 9.18 Å². The zero-order valence-corrected chi connectivity index (χ0v) is 19.1. The van der Waals surface area contributed by atoms with Crippen molar-refractivity contribution in [2.75, 3.05) is 5.32 Å².